The molecule has 0 bridgehead atoms. The largest absolute Gasteiger partial charge is 0.504 e. The number of methoxy groups -OCH3 is 1. The number of benzene rings is 1. The van der Waals surface area contributed by atoms with E-state index in [2.05, 4.69) is 12.2 Å². The van der Waals surface area contributed by atoms with Crippen LogP contribution in [0.3, 0.4) is 0 Å². The zero-order chi connectivity index (χ0) is 13.1. The van der Waals surface area contributed by atoms with Gasteiger partial charge in [0.25, 0.3) is 0 Å². The second-order valence-corrected chi connectivity index (χ2v) is 5.25. The van der Waals surface area contributed by atoms with E-state index < -0.39 is 0 Å². The lowest BCUT2D eigenvalue weighted by Gasteiger charge is -2.24. The van der Waals surface area contributed by atoms with Crippen LogP contribution in [-0.2, 0) is 6.42 Å². The van der Waals surface area contributed by atoms with Crippen molar-refractivity contribution in [2.45, 2.75) is 33.1 Å². The van der Waals surface area contributed by atoms with Crippen molar-refractivity contribution >= 4 is 0 Å². The van der Waals surface area contributed by atoms with Gasteiger partial charge in [0.15, 0.2) is 11.5 Å². The first-order chi connectivity index (χ1) is 8.63. The molecule has 1 aromatic rings. The van der Waals surface area contributed by atoms with Gasteiger partial charge in [0.2, 0.25) is 0 Å². The summed E-state index contributed by atoms with van der Waals surface area (Å²) >= 11 is 0. The molecule has 1 unspecified atom stereocenters. The van der Waals surface area contributed by atoms with Crippen molar-refractivity contribution in [1.29, 1.82) is 0 Å². The minimum absolute atomic E-state index is 0.263. The van der Waals surface area contributed by atoms with E-state index in [1.165, 1.54) is 24.0 Å². The van der Waals surface area contributed by atoms with Gasteiger partial charge in [-0.1, -0.05) is 0 Å². The van der Waals surface area contributed by atoms with Gasteiger partial charge < -0.3 is 15.2 Å². The van der Waals surface area contributed by atoms with Crippen molar-refractivity contribution < 1.29 is 9.84 Å². The summed E-state index contributed by atoms with van der Waals surface area (Å²) in [6, 6.07) is 1.87. The monoisotopic (exact) mass is 249 g/mol. The molecule has 1 aromatic carbocycles. The van der Waals surface area contributed by atoms with Crippen LogP contribution < -0.4 is 10.1 Å². The third-order valence-corrected chi connectivity index (χ3v) is 4.04. The van der Waals surface area contributed by atoms with Crippen molar-refractivity contribution in [2.24, 2.45) is 5.92 Å². The fourth-order valence-corrected chi connectivity index (χ4v) is 2.82. The molecule has 0 saturated carbocycles. The maximum atomic E-state index is 9.99. The normalized spacial score (nSPS) is 19.8. The Morgan fingerprint density at radius 1 is 1.39 bits per heavy atom. The van der Waals surface area contributed by atoms with Crippen LogP contribution in [-0.4, -0.2) is 25.3 Å². The summed E-state index contributed by atoms with van der Waals surface area (Å²) in [5.74, 6) is 1.56. The first-order valence-electron chi connectivity index (χ1n) is 6.70. The minimum Gasteiger partial charge on any atom is -0.504 e. The van der Waals surface area contributed by atoms with E-state index >= 15 is 0 Å². The molecular weight excluding hydrogens is 226 g/mol. The molecular formula is C15H23NO2. The lowest BCUT2D eigenvalue weighted by Crippen LogP contribution is -2.31. The predicted octanol–water partition coefficient (Wildman–Crippen LogP) is 2.56. The Bertz CT molecular complexity index is 423. The smallest absolute Gasteiger partial charge is 0.163 e. The van der Waals surface area contributed by atoms with Gasteiger partial charge in [0.1, 0.15) is 0 Å². The number of nitrogens with one attached hydrogen (secondary N) is 1. The topological polar surface area (TPSA) is 41.5 Å². The summed E-state index contributed by atoms with van der Waals surface area (Å²) in [5, 5.41) is 13.4. The van der Waals surface area contributed by atoms with Crippen LogP contribution in [0.5, 0.6) is 11.5 Å². The molecule has 1 aliphatic heterocycles. The van der Waals surface area contributed by atoms with Gasteiger partial charge in [-0.25, -0.2) is 0 Å². The average Bonchev–Trinajstić information content (AvgIpc) is 2.37. The van der Waals surface area contributed by atoms with Crippen LogP contribution in [0.4, 0.5) is 0 Å². The van der Waals surface area contributed by atoms with E-state index in [1.54, 1.807) is 7.11 Å². The Balaban J connectivity index is 2.22. The quantitative estimate of drug-likeness (QED) is 0.865. The highest BCUT2D eigenvalue weighted by Crippen LogP contribution is 2.35. The number of hydrogen-bond donors (Lipinski definition) is 2. The number of phenolic OH excluding ortho intramolecular Hbond substituents is 1. The van der Waals surface area contributed by atoms with E-state index in [-0.39, 0.29) is 5.75 Å². The molecule has 0 amide bonds. The van der Waals surface area contributed by atoms with Gasteiger partial charge in [-0.05, 0) is 74.9 Å². The first kappa shape index (κ1) is 13.2. The van der Waals surface area contributed by atoms with E-state index in [0.29, 0.717) is 11.7 Å². The highest BCUT2D eigenvalue weighted by molar-refractivity contribution is 5.52. The Labute approximate surface area is 109 Å². The van der Waals surface area contributed by atoms with E-state index in [4.69, 9.17) is 4.74 Å². The molecule has 1 saturated heterocycles. The highest BCUT2D eigenvalue weighted by atomic mass is 16.5. The highest BCUT2D eigenvalue weighted by Gasteiger charge is 2.18. The second kappa shape index (κ2) is 5.61. The van der Waals surface area contributed by atoms with Crippen LogP contribution in [0.15, 0.2) is 6.07 Å². The van der Waals surface area contributed by atoms with Gasteiger partial charge in [0.05, 0.1) is 7.11 Å². The lowest BCUT2D eigenvalue weighted by molar-refractivity contribution is 0.364. The van der Waals surface area contributed by atoms with Gasteiger partial charge >= 0.3 is 0 Å². The Morgan fingerprint density at radius 2 is 2.17 bits per heavy atom. The predicted molar refractivity (Wildman–Crippen MR) is 73.4 cm³/mol. The van der Waals surface area contributed by atoms with Gasteiger partial charge in [-0.15, -0.1) is 0 Å². The van der Waals surface area contributed by atoms with Crippen LogP contribution in [0.25, 0.3) is 0 Å². The first-order valence-corrected chi connectivity index (χ1v) is 6.70. The fourth-order valence-electron chi connectivity index (χ4n) is 2.82. The van der Waals surface area contributed by atoms with Crippen molar-refractivity contribution in [3.63, 3.8) is 0 Å². The summed E-state index contributed by atoms with van der Waals surface area (Å²) in [6.45, 7) is 6.35. The maximum Gasteiger partial charge on any atom is 0.163 e. The van der Waals surface area contributed by atoms with Gasteiger partial charge in [-0.2, -0.15) is 0 Å². The van der Waals surface area contributed by atoms with Crippen LogP contribution in [0.2, 0.25) is 0 Å². The molecule has 2 N–H and O–H groups in total. The molecule has 0 aromatic heterocycles. The van der Waals surface area contributed by atoms with Crippen molar-refractivity contribution in [2.75, 3.05) is 20.2 Å². The molecule has 0 spiro atoms. The van der Waals surface area contributed by atoms with Gasteiger partial charge in [-0.3, -0.25) is 0 Å². The molecule has 3 nitrogen and oxygen atoms in total. The molecule has 0 aliphatic carbocycles. The Hall–Kier alpha value is -1.22. The van der Waals surface area contributed by atoms with Crippen LogP contribution >= 0.6 is 0 Å². The van der Waals surface area contributed by atoms with Crippen LogP contribution in [0, 0.1) is 19.8 Å². The Kier molecular flexibility index (Phi) is 4.12. The third-order valence-electron chi connectivity index (χ3n) is 4.04. The number of phenols is 1. The number of hydrogen-bond acceptors (Lipinski definition) is 3. The zero-order valence-electron chi connectivity index (χ0n) is 11.5. The SMILES string of the molecule is COc1c(O)cc(CC2CCCNC2)c(C)c1C. The van der Waals surface area contributed by atoms with Crippen LogP contribution in [0.1, 0.15) is 29.5 Å². The number of piperidine rings is 1. The number of rotatable bonds is 3. The lowest BCUT2D eigenvalue weighted by atomic mass is 9.89. The molecule has 3 heteroatoms. The molecule has 2 rings (SSSR count). The standard InChI is InChI=1S/C15H23NO2/c1-10-11(2)15(18-3)14(17)8-13(10)7-12-5-4-6-16-9-12/h8,12,16-17H,4-7,9H2,1-3H3. The summed E-state index contributed by atoms with van der Waals surface area (Å²) in [6.07, 6.45) is 3.57. The summed E-state index contributed by atoms with van der Waals surface area (Å²) in [5.41, 5.74) is 3.55. The van der Waals surface area contributed by atoms with Gasteiger partial charge in [0, 0.05) is 0 Å². The summed E-state index contributed by atoms with van der Waals surface area (Å²) < 4.78 is 5.24. The minimum atomic E-state index is 0.263. The van der Waals surface area contributed by atoms with E-state index in [0.717, 1.165) is 25.1 Å². The van der Waals surface area contributed by atoms with Crippen molar-refractivity contribution in [3.05, 3.63) is 22.8 Å². The second-order valence-electron chi connectivity index (χ2n) is 5.25. The molecule has 0 radical (unpaired) electrons. The molecule has 100 valence electrons. The molecule has 1 atom stereocenters. The summed E-state index contributed by atoms with van der Waals surface area (Å²) in [4.78, 5) is 0. The van der Waals surface area contributed by atoms with Crippen molar-refractivity contribution in [3.8, 4) is 11.5 Å². The summed E-state index contributed by atoms with van der Waals surface area (Å²) in [7, 11) is 1.60. The Morgan fingerprint density at radius 3 is 2.78 bits per heavy atom. The maximum absolute atomic E-state index is 9.99. The average molecular weight is 249 g/mol. The van der Waals surface area contributed by atoms with E-state index in [1.807, 2.05) is 13.0 Å². The molecule has 1 aliphatic rings. The fraction of sp³-hybridized carbons (Fsp3) is 0.600. The van der Waals surface area contributed by atoms with E-state index in [9.17, 15) is 5.11 Å². The number of aromatic hydroxyl groups is 1. The zero-order valence-corrected chi connectivity index (χ0v) is 11.5. The van der Waals surface area contributed by atoms with Crippen molar-refractivity contribution in [1.82, 2.24) is 5.32 Å². The third kappa shape index (κ3) is 2.61. The number of ether oxygens (including phenoxy) is 1. The molecule has 1 heterocycles. The molecule has 1 fully saturated rings. The molecule has 18 heavy (non-hydrogen) atoms.